The molecule has 0 saturated carbocycles. The van der Waals surface area contributed by atoms with Gasteiger partial charge in [-0.3, -0.25) is 4.98 Å². The van der Waals surface area contributed by atoms with E-state index in [0.717, 1.165) is 29.3 Å². The van der Waals surface area contributed by atoms with Crippen LogP contribution in [-0.2, 0) is 0 Å². The molecular formula is C15H16N2. The lowest BCUT2D eigenvalue weighted by Crippen LogP contribution is -2.09. The zero-order chi connectivity index (χ0) is 12.1. The van der Waals surface area contributed by atoms with E-state index in [9.17, 15) is 0 Å². The molecule has 2 nitrogen and oxygen atoms in total. The van der Waals surface area contributed by atoms with Crippen molar-refractivity contribution in [2.75, 3.05) is 0 Å². The van der Waals surface area contributed by atoms with Gasteiger partial charge in [-0.2, -0.15) is 0 Å². The Morgan fingerprint density at radius 2 is 2.24 bits per heavy atom. The van der Waals surface area contributed by atoms with Crippen LogP contribution >= 0.6 is 0 Å². The van der Waals surface area contributed by atoms with Gasteiger partial charge in [0.15, 0.2) is 0 Å². The van der Waals surface area contributed by atoms with Crippen molar-refractivity contribution in [1.29, 1.82) is 0 Å². The van der Waals surface area contributed by atoms with E-state index in [2.05, 4.69) is 35.0 Å². The second-order valence-corrected chi connectivity index (χ2v) is 4.03. The van der Waals surface area contributed by atoms with Crippen LogP contribution in [0.5, 0.6) is 0 Å². The molecule has 2 rings (SSSR count). The van der Waals surface area contributed by atoms with Crippen LogP contribution in [-0.4, -0.2) is 4.98 Å². The quantitative estimate of drug-likeness (QED) is 0.814. The Morgan fingerprint density at radius 3 is 3.06 bits per heavy atom. The number of rotatable bonds is 3. The maximum Gasteiger partial charge on any atom is 0.0702 e. The maximum atomic E-state index is 6.14. The largest absolute Gasteiger partial charge is 0.324 e. The van der Waals surface area contributed by atoms with Crippen molar-refractivity contribution in [3.05, 3.63) is 42.1 Å². The summed E-state index contributed by atoms with van der Waals surface area (Å²) in [6.45, 7) is 1.85. The van der Waals surface area contributed by atoms with Crippen LogP contribution in [0.2, 0.25) is 0 Å². The lowest BCUT2D eigenvalue weighted by atomic mass is 10.0. The molecule has 86 valence electrons. The molecule has 0 amide bonds. The number of hydrogen-bond acceptors (Lipinski definition) is 2. The third kappa shape index (κ3) is 2.83. The minimum Gasteiger partial charge on any atom is -0.324 e. The summed E-state index contributed by atoms with van der Waals surface area (Å²) < 4.78 is 0. The van der Waals surface area contributed by atoms with Crippen molar-refractivity contribution in [3.8, 4) is 11.8 Å². The zero-order valence-corrected chi connectivity index (χ0v) is 9.98. The monoisotopic (exact) mass is 224 g/mol. The van der Waals surface area contributed by atoms with Gasteiger partial charge in [-0.15, -0.1) is 11.8 Å². The van der Waals surface area contributed by atoms with Crippen LogP contribution in [0.3, 0.4) is 0 Å². The molecule has 0 saturated heterocycles. The molecule has 0 fully saturated rings. The van der Waals surface area contributed by atoms with Gasteiger partial charge in [0.2, 0.25) is 0 Å². The number of benzene rings is 1. The van der Waals surface area contributed by atoms with Crippen molar-refractivity contribution < 1.29 is 0 Å². The van der Waals surface area contributed by atoms with Gasteiger partial charge in [0.25, 0.3) is 0 Å². The fourth-order valence-electron chi connectivity index (χ4n) is 1.84. The number of aromatic nitrogens is 1. The normalized spacial score (nSPS) is 11.9. The summed E-state index contributed by atoms with van der Waals surface area (Å²) in [6.07, 6.45) is 3.55. The van der Waals surface area contributed by atoms with E-state index in [1.54, 1.807) is 6.20 Å². The van der Waals surface area contributed by atoms with Crippen molar-refractivity contribution in [1.82, 2.24) is 4.98 Å². The fraction of sp³-hybridized carbons (Fsp3) is 0.267. The highest BCUT2D eigenvalue weighted by atomic mass is 14.6. The van der Waals surface area contributed by atoms with E-state index in [4.69, 9.17) is 5.73 Å². The second-order valence-electron chi connectivity index (χ2n) is 4.03. The van der Waals surface area contributed by atoms with Crippen LogP contribution in [0, 0.1) is 11.8 Å². The highest BCUT2D eigenvalue weighted by molar-refractivity contribution is 5.79. The highest BCUT2D eigenvalue weighted by Gasteiger charge is 2.05. The first-order chi connectivity index (χ1) is 8.31. The van der Waals surface area contributed by atoms with E-state index in [0.29, 0.717) is 0 Å². The Labute approximate surface area is 102 Å². The number of fused-ring (bicyclic) bond motifs is 1. The Bertz CT molecular complexity index is 564. The SMILES string of the molecule is CC#CCCC(N)c1ccc2ncccc2c1. The van der Waals surface area contributed by atoms with Crippen LogP contribution < -0.4 is 5.73 Å². The van der Waals surface area contributed by atoms with Crippen molar-refractivity contribution >= 4 is 10.9 Å². The summed E-state index contributed by atoms with van der Waals surface area (Å²) >= 11 is 0. The number of hydrogen-bond donors (Lipinski definition) is 1. The highest BCUT2D eigenvalue weighted by Crippen LogP contribution is 2.20. The van der Waals surface area contributed by atoms with Crippen molar-refractivity contribution in [2.24, 2.45) is 5.73 Å². The van der Waals surface area contributed by atoms with E-state index < -0.39 is 0 Å². The van der Waals surface area contributed by atoms with Gasteiger partial charge in [0, 0.05) is 24.0 Å². The smallest absolute Gasteiger partial charge is 0.0702 e. The molecule has 0 bridgehead atoms. The van der Waals surface area contributed by atoms with Crippen LogP contribution in [0.1, 0.15) is 31.4 Å². The van der Waals surface area contributed by atoms with E-state index in [1.165, 1.54) is 0 Å². The standard InChI is InChI=1S/C15H16N2/c1-2-3-4-7-14(16)12-8-9-15-13(11-12)6-5-10-17-15/h5-6,8-11,14H,4,7,16H2,1H3. The number of nitrogens with zero attached hydrogens (tertiary/aromatic N) is 1. The number of pyridine rings is 1. The van der Waals surface area contributed by atoms with Crippen LogP contribution in [0.25, 0.3) is 10.9 Å². The Morgan fingerprint density at radius 1 is 1.35 bits per heavy atom. The summed E-state index contributed by atoms with van der Waals surface area (Å²) in [5.41, 5.74) is 8.31. The van der Waals surface area contributed by atoms with E-state index in [-0.39, 0.29) is 6.04 Å². The second kappa shape index (κ2) is 5.47. The Hall–Kier alpha value is -1.85. The molecular weight excluding hydrogens is 208 g/mol. The fourth-order valence-corrected chi connectivity index (χ4v) is 1.84. The van der Waals surface area contributed by atoms with Crippen molar-refractivity contribution in [2.45, 2.75) is 25.8 Å². The molecule has 2 N–H and O–H groups in total. The van der Waals surface area contributed by atoms with Gasteiger partial charge in [-0.1, -0.05) is 12.1 Å². The molecule has 0 spiro atoms. The molecule has 0 aliphatic heterocycles. The molecule has 1 heterocycles. The predicted molar refractivity (Wildman–Crippen MR) is 71.4 cm³/mol. The molecule has 0 aliphatic carbocycles. The topological polar surface area (TPSA) is 38.9 Å². The minimum atomic E-state index is 0.0560. The van der Waals surface area contributed by atoms with Crippen LogP contribution in [0.15, 0.2) is 36.5 Å². The van der Waals surface area contributed by atoms with E-state index in [1.807, 2.05) is 19.1 Å². The molecule has 0 aliphatic rings. The first-order valence-electron chi connectivity index (χ1n) is 5.81. The van der Waals surface area contributed by atoms with Gasteiger partial charge in [0.05, 0.1) is 5.52 Å². The molecule has 1 aromatic carbocycles. The molecule has 1 unspecified atom stereocenters. The third-order valence-corrected chi connectivity index (χ3v) is 2.81. The average Bonchev–Trinajstić information content (AvgIpc) is 2.38. The number of nitrogens with two attached hydrogens (primary N) is 1. The predicted octanol–water partition coefficient (Wildman–Crippen LogP) is 3.04. The molecule has 0 radical (unpaired) electrons. The van der Waals surface area contributed by atoms with Gasteiger partial charge < -0.3 is 5.73 Å². The summed E-state index contributed by atoms with van der Waals surface area (Å²) in [5, 5.41) is 1.14. The van der Waals surface area contributed by atoms with Gasteiger partial charge in [-0.25, -0.2) is 0 Å². The molecule has 2 aromatic rings. The molecule has 17 heavy (non-hydrogen) atoms. The lowest BCUT2D eigenvalue weighted by molar-refractivity contribution is 0.668. The average molecular weight is 224 g/mol. The molecule has 1 atom stereocenters. The summed E-state index contributed by atoms with van der Waals surface area (Å²) in [5.74, 6) is 5.93. The van der Waals surface area contributed by atoms with Crippen LogP contribution in [0.4, 0.5) is 0 Å². The summed E-state index contributed by atoms with van der Waals surface area (Å²) in [7, 11) is 0. The third-order valence-electron chi connectivity index (χ3n) is 2.81. The lowest BCUT2D eigenvalue weighted by Gasteiger charge is -2.10. The molecule has 1 aromatic heterocycles. The van der Waals surface area contributed by atoms with E-state index >= 15 is 0 Å². The summed E-state index contributed by atoms with van der Waals surface area (Å²) in [4.78, 5) is 4.29. The Balaban J connectivity index is 2.19. The Kier molecular flexibility index (Phi) is 3.74. The minimum absolute atomic E-state index is 0.0560. The maximum absolute atomic E-state index is 6.14. The first kappa shape index (κ1) is 11.6. The van der Waals surface area contributed by atoms with Gasteiger partial charge >= 0.3 is 0 Å². The van der Waals surface area contributed by atoms with Gasteiger partial charge in [-0.05, 0) is 37.1 Å². The van der Waals surface area contributed by atoms with Gasteiger partial charge in [0.1, 0.15) is 0 Å². The molecule has 2 heteroatoms. The zero-order valence-electron chi connectivity index (χ0n) is 9.98. The summed E-state index contributed by atoms with van der Waals surface area (Å²) in [6, 6.07) is 10.3. The first-order valence-corrected chi connectivity index (χ1v) is 5.81. The van der Waals surface area contributed by atoms with Crippen molar-refractivity contribution in [3.63, 3.8) is 0 Å².